The van der Waals surface area contributed by atoms with Gasteiger partial charge in [0.05, 0.1) is 12.1 Å². The van der Waals surface area contributed by atoms with E-state index in [1.54, 1.807) is 30.4 Å². The van der Waals surface area contributed by atoms with E-state index in [1.807, 2.05) is 18.2 Å². The number of rotatable bonds is 6. The number of nitrogens with one attached hydrogen (secondary N) is 1. The van der Waals surface area contributed by atoms with Crippen molar-refractivity contribution in [3.8, 4) is 0 Å². The topological polar surface area (TPSA) is 58.1 Å². The van der Waals surface area contributed by atoms with Gasteiger partial charge >= 0.3 is 0 Å². The number of thioether (sulfide) groups is 1. The fraction of sp³-hybridized carbons (Fsp3) is 0.389. The maximum atomic E-state index is 12.4. The average Bonchev–Trinajstić information content (AvgIpc) is 2.67. The smallest absolute Gasteiger partial charge is 0.224 e. The lowest BCUT2D eigenvalue weighted by atomic mass is 9.97. The Morgan fingerprint density at radius 1 is 1.29 bits per heavy atom. The molecule has 0 unspecified atom stereocenters. The molecule has 1 N–H and O–H groups in total. The molecule has 1 aromatic heterocycles. The van der Waals surface area contributed by atoms with Gasteiger partial charge in [-0.2, -0.15) is 0 Å². The van der Waals surface area contributed by atoms with Gasteiger partial charge in [0.2, 0.25) is 5.91 Å². The third-order valence-electron chi connectivity index (χ3n) is 4.08. The SMILES string of the molecule is O=C(NCCSc1ccccc1)[C@@H]1CCCN(c2cnccn2)C1. The molecule has 0 saturated carbocycles. The second-order valence-electron chi connectivity index (χ2n) is 5.80. The van der Waals surface area contributed by atoms with E-state index in [2.05, 4.69) is 32.3 Å². The highest BCUT2D eigenvalue weighted by Crippen LogP contribution is 2.21. The number of carbonyl (C=O) groups is 1. The minimum absolute atomic E-state index is 0.0301. The maximum Gasteiger partial charge on any atom is 0.224 e. The van der Waals surface area contributed by atoms with E-state index >= 15 is 0 Å². The number of hydrogen-bond acceptors (Lipinski definition) is 5. The maximum absolute atomic E-state index is 12.4. The summed E-state index contributed by atoms with van der Waals surface area (Å²) < 4.78 is 0. The zero-order valence-corrected chi connectivity index (χ0v) is 14.4. The molecule has 1 fully saturated rings. The van der Waals surface area contributed by atoms with Crippen LogP contribution >= 0.6 is 11.8 Å². The summed E-state index contributed by atoms with van der Waals surface area (Å²) in [6.45, 7) is 2.35. The number of aromatic nitrogens is 2. The van der Waals surface area contributed by atoms with Crippen LogP contribution in [0.25, 0.3) is 0 Å². The minimum Gasteiger partial charge on any atom is -0.355 e. The molecule has 1 amide bonds. The molecule has 6 heteroatoms. The summed E-state index contributed by atoms with van der Waals surface area (Å²) in [6, 6.07) is 10.3. The summed E-state index contributed by atoms with van der Waals surface area (Å²) in [7, 11) is 0. The summed E-state index contributed by atoms with van der Waals surface area (Å²) in [4.78, 5) is 24.2. The lowest BCUT2D eigenvalue weighted by Crippen LogP contribution is -2.43. The van der Waals surface area contributed by atoms with Gasteiger partial charge in [-0.3, -0.25) is 9.78 Å². The van der Waals surface area contributed by atoms with E-state index < -0.39 is 0 Å². The van der Waals surface area contributed by atoms with Gasteiger partial charge in [0.15, 0.2) is 0 Å². The van der Waals surface area contributed by atoms with Gasteiger partial charge in [0.25, 0.3) is 0 Å². The number of carbonyl (C=O) groups excluding carboxylic acids is 1. The molecule has 126 valence electrons. The second kappa shape index (κ2) is 8.68. The first kappa shape index (κ1) is 16.8. The molecule has 1 saturated heterocycles. The fourth-order valence-electron chi connectivity index (χ4n) is 2.86. The quantitative estimate of drug-likeness (QED) is 0.646. The van der Waals surface area contributed by atoms with Gasteiger partial charge in [-0.1, -0.05) is 18.2 Å². The Morgan fingerprint density at radius 2 is 2.17 bits per heavy atom. The molecule has 2 aromatic rings. The average molecular weight is 342 g/mol. The first-order valence-corrected chi connectivity index (χ1v) is 9.28. The molecule has 1 atom stereocenters. The van der Waals surface area contributed by atoms with Gasteiger partial charge in [0.1, 0.15) is 5.82 Å². The Bertz CT molecular complexity index is 638. The molecule has 1 aromatic carbocycles. The number of piperidine rings is 1. The van der Waals surface area contributed by atoms with Crippen molar-refractivity contribution in [2.24, 2.45) is 5.92 Å². The molecular formula is C18H22N4OS. The Balaban J connectivity index is 1.43. The highest BCUT2D eigenvalue weighted by atomic mass is 32.2. The molecule has 0 aliphatic carbocycles. The fourth-order valence-corrected chi connectivity index (χ4v) is 3.65. The molecule has 0 spiro atoms. The van der Waals surface area contributed by atoms with Crippen LogP contribution in [0.3, 0.4) is 0 Å². The summed E-state index contributed by atoms with van der Waals surface area (Å²) >= 11 is 1.76. The number of amides is 1. The summed E-state index contributed by atoms with van der Waals surface area (Å²) in [5, 5.41) is 3.07. The predicted molar refractivity (Wildman–Crippen MR) is 97.1 cm³/mol. The van der Waals surface area contributed by atoms with Crippen LogP contribution in [0.5, 0.6) is 0 Å². The molecule has 5 nitrogen and oxygen atoms in total. The van der Waals surface area contributed by atoms with Crippen LogP contribution in [0, 0.1) is 5.92 Å². The molecular weight excluding hydrogens is 320 g/mol. The van der Waals surface area contributed by atoms with Crippen LogP contribution < -0.4 is 10.2 Å². The minimum atomic E-state index is 0.0301. The number of nitrogens with zero attached hydrogens (tertiary/aromatic N) is 3. The number of anilines is 1. The zero-order chi connectivity index (χ0) is 16.6. The Labute approximate surface area is 146 Å². The summed E-state index contributed by atoms with van der Waals surface area (Å²) in [5.74, 6) is 1.92. The molecule has 0 bridgehead atoms. The van der Waals surface area contributed by atoms with Gasteiger partial charge in [-0.05, 0) is 25.0 Å². The molecule has 0 radical (unpaired) electrons. The van der Waals surface area contributed by atoms with E-state index in [1.165, 1.54) is 4.90 Å². The van der Waals surface area contributed by atoms with Crippen LogP contribution in [0.4, 0.5) is 5.82 Å². The third kappa shape index (κ3) is 4.71. The summed E-state index contributed by atoms with van der Waals surface area (Å²) in [5.41, 5.74) is 0. The third-order valence-corrected chi connectivity index (χ3v) is 5.09. The first-order chi connectivity index (χ1) is 11.8. The van der Waals surface area contributed by atoms with Crippen molar-refractivity contribution in [1.29, 1.82) is 0 Å². The van der Waals surface area contributed by atoms with Crippen LogP contribution in [-0.4, -0.2) is 41.3 Å². The van der Waals surface area contributed by atoms with Crippen LogP contribution in [0.1, 0.15) is 12.8 Å². The van der Waals surface area contributed by atoms with Crippen LogP contribution in [0.15, 0.2) is 53.8 Å². The zero-order valence-electron chi connectivity index (χ0n) is 13.6. The monoisotopic (exact) mass is 342 g/mol. The highest BCUT2D eigenvalue weighted by Gasteiger charge is 2.26. The Hall–Kier alpha value is -2.08. The van der Waals surface area contributed by atoms with E-state index in [4.69, 9.17) is 0 Å². The normalized spacial score (nSPS) is 17.5. The van der Waals surface area contributed by atoms with Crippen LogP contribution in [-0.2, 0) is 4.79 Å². The number of benzene rings is 1. The van der Waals surface area contributed by atoms with Gasteiger partial charge < -0.3 is 10.2 Å². The lowest BCUT2D eigenvalue weighted by Gasteiger charge is -2.32. The van der Waals surface area contributed by atoms with Gasteiger partial charge in [-0.15, -0.1) is 11.8 Å². The van der Waals surface area contributed by atoms with Crippen molar-refractivity contribution >= 4 is 23.5 Å². The van der Waals surface area contributed by atoms with Crippen molar-refractivity contribution in [2.75, 3.05) is 30.3 Å². The van der Waals surface area contributed by atoms with Crippen molar-refractivity contribution in [3.63, 3.8) is 0 Å². The van der Waals surface area contributed by atoms with Gasteiger partial charge in [0, 0.05) is 42.7 Å². The van der Waals surface area contributed by atoms with Gasteiger partial charge in [-0.25, -0.2) is 4.98 Å². The van der Waals surface area contributed by atoms with Crippen LogP contribution in [0.2, 0.25) is 0 Å². The van der Waals surface area contributed by atoms with E-state index in [-0.39, 0.29) is 11.8 Å². The highest BCUT2D eigenvalue weighted by molar-refractivity contribution is 7.99. The van der Waals surface area contributed by atoms with Crippen molar-refractivity contribution in [1.82, 2.24) is 15.3 Å². The van der Waals surface area contributed by atoms with E-state index in [0.29, 0.717) is 6.54 Å². The molecule has 3 rings (SSSR count). The Morgan fingerprint density at radius 3 is 2.96 bits per heavy atom. The van der Waals surface area contributed by atoms with Crippen molar-refractivity contribution < 1.29 is 4.79 Å². The summed E-state index contributed by atoms with van der Waals surface area (Å²) in [6.07, 6.45) is 7.07. The molecule has 24 heavy (non-hydrogen) atoms. The molecule has 1 aliphatic rings. The molecule has 2 heterocycles. The second-order valence-corrected chi connectivity index (χ2v) is 6.97. The largest absolute Gasteiger partial charge is 0.355 e. The standard InChI is InChI=1S/C18H22N4OS/c23-18(21-10-12-24-16-6-2-1-3-7-16)15-5-4-11-22(14-15)17-13-19-8-9-20-17/h1-3,6-9,13,15H,4-5,10-12,14H2,(H,21,23)/t15-/m1/s1. The van der Waals surface area contributed by atoms with E-state index in [0.717, 1.165) is 37.5 Å². The predicted octanol–water partition coefficient (Wildman–Crippen LogP) is 2.60. The van der Waals surface area contributed by atoms with Crippen molar-refractivity contribution in [2.45, 2.75) is 17.7 Å². The number of hydrogen-bond donors (Lipinski definition) is 1. The Kier molecular flexibility index (Phi) is 6.07. The first-order valence-electron chi connectivity index (χ1n) is 8.29. The van der Waals surface area contributed by atoms with Crippen molar-refractivity contribution in [3.05, 3.63) is 48.9 Å². The molecule has 1 aliphatic heterocycles. The van der Waals surface area contributed by atoms with E-state index in [9.17, 15) is 4.79 Å². The lowest BCUT2D eigenvalue weighted by molar-refractivity contribution is -0.125.